The fraction of sp³-hybridized carbons (Fsp3) is 0. The number of carboxylic acid groups (broad SMARTS) is 1. The normalized spacial score (nSPS) is 10.8. The molecule has 0 bridgehead atoms. The summed E-state index contributed by atoms with van der Waals surface area (Å²) in [5.41, 5.74) is 0.580. The largest absolute Gasteiger partial charge is 0.478 e. The molecular weight excluding hydrogens is 286 g/mol. The van der Waals surface area contributed by atoms with Crippen molar-refractivity contribution >= 4 is 23.6 Å². The summed E-state index contributed by atoms with van der Waals surface area (Å²) in [7, 11) is 0. The van der Waals surface area contributed by atoms with Gasteiger partial charge in [0.2, 0.25) is 6.20 Å². The number of halogens is 1. The van der Waals surface area contributed by atoms with Crippen molar-refractivity contribution in [3.63, 3.8) is 0 Å². The minimum atomic E-state index is -1.12. The first-order valence-electron chi connectivity index (χ1n) is 5.42. The van der Waals surface area contributed by atoms with Gasteiger partial charge in [0.05, 0.1) is 21.6 Å². The molecule has 0 unspecified atom stereocenters. The summed E-state index contributed by atoms with van der Waals surface area (Å²) >= 11 is 5.86. The van der Waals surface area contributed by atoms with E-state index in [0.717, 1.165) is 6.20 Å². The van der Waals surface area contributed by atoms with Crippen LogP contribution in [0.5, 0.6) is 0 Å². The van der Waals surface area contributed by atoms with Crippen LogP contribution in [0.15, 0.2) is 40.9 Å². The van der Waals surface area contributed by atoms with Gasteiger partial charge in [-0.1, -0.05) is 17.7 Å². The number of hydrogen-bond donors (Lipinski definition) is 1. The Morgan fingerprint density at radius 1 is 1.35 bits per heavy atom. The molecule has 20 heavy (non-hydrogen) atoms. The molecule has 1 heterocycles. The molecule has 0 aliphatic heterocycles. The van der Waals surface area contributed by atoms with Crippen molar-refractivity contribution in [1.29, 1.82) is 0 Å². The lowest BCUT2D eigenvalue weighted by Gasteiger charge is -2.01. The summed E-state index contributed by atoms with van der Waals surface area (Å²) in [4.78, 5) is 20.4. The third-order valence-corrected chi connectivity index (χ3v) is 2.78. The molecule has 0 aliphatic carbocycles. The fourth-order valence-electron chi connectivity index (χ4n) is 1.57. The highest BCUT2D eigenvalue weighted by atomic mass is 35.5. The summed E-state index contributed by atoms with van der Waals surface area (Å²) in [6.45, 7) is 0. The van der Waals surface area contributed by atoms with Crippen LogP contribution in [0.1, 0.15) is 16.1 Å². The molecule has 7 heteroatoms. The molecular formula is C13H8ClNO5. The molecule has 0 fully saturated rings. The maximum absolute atomic E-state index is 10.8. The zero-order chi connectivity index (χ0) is 14.7. The van der Waals surface area contributed by atoms with Crippen LogP contribution in [-0.4, -0.2) is 16.0 Å². The molecule has 0 atom stereocenters. The fourth-order valence-corrected chi connectivity index (χ4v) is 1.84. The van der Waals surface area contributed by atoms with Gasteiger partial charge in [0.25, 0.3) is 0 Å². The molecule has 2 rings (SSSR count). The molecule has 0 saturated carbocycles. The Hall–Kier alpha value is -2.60. The summed E-state index contributed by atoms with van der Waals surface area (Å²) in [6.07, 6.45) is 1.99. The lowest BCUT2D eigenvalue weighted by Crippen LogP contribution is -1.96. The lowest BCUT2D eigenvalue weighted by molar-refractivity contribution is -0.401. The Morgan fingerprint density at radius 2 is 2.10 bits per heavy atom. The molecule has 2 aromatic rings. The average molecular weight is 294 g/mol. The van der Waals surface area contributed by atoms with E-state index in [1.165, 1.54) is 18.2 Å². The first-order valence-corrected chi connectivity index (χ1v) is 5.80. The zero-order valence-corrected chi connectivity index (χ0v) is 10.7. The van der Waals surface area contributed by atoms with Gasteiger partial charge >= 0.3 is 5.97 Å². The van der Waals surface area contributed by atoms with E-state index in [1.807, 2.05) is 0 Å². The monoisotopic (exact) mass is 293 g/mol. The molecule has 0 amide bonds. The standard InChI is InChI=1S/C13H8ClNO5/c14-11-7-8(1-3-10(11)13(16)17)12-4-2-9(20-12)5-6-15(18)19/h1-7H,(H,16,17)/b6-5+. The van der Waals surface area contributed by atoms with Crippen molar-refractivity contribution in [2.45, 2.75) is 0 Å². The number of hydrogen-bond acceptors (Lipinski definition) is 4. The van der Waals surface area contributed by atoms with Crippen LogP contribution < -0.4 is 0 Å². The van der Waals surface area contributed by atoms with E-state index in [2.05, 4.69) is 0 Å². The molecule has 1 N–H and O–H groups in total. The van der Waals surface area contributed by atoms with Gasteiger partial charge in [-0.3, -0.25) is 10.1 Å². The Bertz CT molecular complexity index is 705. The molecule has 1 aromatic heterocycles. The maximum Gasteiger partial charge on any atom is 0.337 e. The van der Waals surface area contributed by atoms with Crippen molar-refractivity contribution in [2.24, 2.45) is 0 Å². The van der Waals surface area contributed by atoms with Crippen molar-refractivity contribution in [1.82, 2.24) is 0 Å². The second-order valence-corrected chi connectivity index (χ2v) is 4.21. The summed E-state index contributed by atoms with van der Waals surface area (Å²) in [5, 5.41) is 19.2. The summed E-state index contributed by atoms with van der Waals surface area (Å²) in [5.74, 6) is -0.363. The predicted octanol–water partition coefficient (Wildman–Crippen LogP) is 3.55. The van der Waals surface area contributed by atoms with Crippen LogP contribution in [0.25, 0.3) is 17.4 Å². The van der Waals surface area contributed by atoms with Crippen LogP contribution in [0.2, 0.25) is 5.02 Å². The van der Waals surface area contributed by atoms with Crippen LogP contribution >= 0.6 is 11.6 Å². The SMILES string of the molecule is O=C(O)c1ccc(-c2ccc(/C=C/[N+](=O)[O-])o2)cc1Cl. The number of nitrogens with zero attached hydrogens (tertiary/aromatic N) is 1. The summed E-state index contributed by atoms with van der Waals surface area (Å²) < 4.78 is 5.38. The van der Waals surface area contributed by atoms with Crippen molar-refractivity contribution < 1.29 is 19.2 Å². The molecule has 0 saturated heterocycles. The predicted molar refractivity (Wildman–Crippen MR) is 72.1 cm³/mol. The number of rotatable bonds is 4. The third-order valence-electron chi connectivity index (χ3n) is 2.47. The van der Waals surface area contributed by atoms with Crippen LogP contribution in [-0.2, 0) is 0 Å². The number of furan rings is 1. The van der Waals surface area contributed by atoms with Gasteiger partial charge in [0, 0.05) is 5.56 Å². The van der Waals surface area contributed by atoms with E-state index in [9.17, 15) is 14.9 Å². The molecule has 0 aliphatic rings. The molecule has 6 nitrogen and oxygen atoms in total. The van der Waals surface area contributed by atoms with Gasteiger partial charge in [-0.05, 0) is 24.3 Å². The van der Waals surface area contributed by atoms with E-state index in [4.69, 9.17) is 21.1 Å². The lowest BCUT2D eigenvalue weighted by atomic mass is 10.1. The van der Waals surface area contributed by atoms with Gasteiger partial charge in [0.1, 0.15) is 11.5 Å². The van der Waals surface area contributed by atoms with Crippen LogP contribution in [0, 0.1) is 10.1 Å². The van der Waals surface area contributed by atoms with Gasteiger partial charge in [0.15, 0.2) is 0 Å². The minimum absolute atomic E-state index is 0.00422. The van der Waals surface area contributed by atoms with Crippen LogP contribution in [0.3, 0.4) is 0 Å². The van der Waals surface area contributed by atoms with E-state index in [0.29, 0.717) is 17.1 Å². The minimum Gasteiger partial charge on any atom is -0.478 e. The highest BCUT2D eigenvalue weighted by Crippen LogP contribution is 2.27. The molecule has 102 valence electrons. The molecule has 1 aromatic carbocycles. The second-order valence-electron chi connectivity index (χ2n) is 3.80. The first kappa shape index (κ1) is 13.8. The Kier molecular flexibility index (Phi) is 3.86. The number of aromatic carboxylic acids is 1. The van der Waals surface area contributed by atoms with E-state index >= 15 is 0 Å². The highest BCUT2D eigenvalue weighted by Gasteiger charge is 2.11. The average Bonchev–Trinajstić information content (AvgIpc) is 2.84. The summed E-state index contributed by atoms with van der Waals surface area (Å²) in [6, 6.07) is 7.56. The van der Waals surface area contributed by atoms with Crippen molar-refractivity contribution in [3.05, 3.63) is 63.0 Å². The second kappa shape index (κ2) is 5.58. The molecule has 0 spiro atoms. The number of benzene rings is 1. The topological polar surface area (TPSA) is 93.6 Å². The maximum atomic E-state index is 10.8. The number of carbonyl (C=O) groups is 1. The number of nitro groups is 1. The van der Waals surface area contributed by atoms with Gasteiger partial charge in [-0.25, -0.2) is 4.79 Å². The zero-order valence-electron chi connectivity index (χ0n) is 9.95. The Morgan fingerprint density at radius 3 is 2.70 bits per heavy atom. The first-order chi connectivity index (χ1) is 9.47. The van der Waals surface area contributed by atoms with Crippen LogP contribution in [0.4, 0.5) is 0 Å². The van der Waals surface area contributed by atoms with E-state index in [-0.39, 0.29) is 10.6 Å². The van der Waals surface area contributed by atoms with E-state index < -0.39 is 10.9 Å². The van der Waals surface area contributed by atoms with Gasteiger partial charge in [-0.2, -0.15) is 0 Å². The van der Waals surface area contributed by atoms with Gasteiger partial charge in [-0.15, -0.1) is 0 Å². The highest BCUT2D eigenvalue weighted by molar-refractivity contribution is 6.33. The Balaban J connectivity index is 2.31. The Labute approximate surface area is 118 Å². The van der Waals surface area contributed by atoms with Crippen molar-refractivity contribution in [2.75, 3.05) is 0 Å². The number of carboxylic acids is 1. The smallest absolute Gasteiger partial charge is 0.337 e. The van der Waals surface area contributed by atoms with Gasteiger partial charge < -0.3 is 9.52 Å². The van der Waals surface area contributed by atoms with E-state index in [1.54, 1.807) is 18.2 Å². The third kappa shape index (κ3) is 3.04. The van der Waals surface area contributed by atoms with Crippen molar-refractivity contribution in [3.8, 4) is 11.3 Å². The molecule has 0 radical (unpaired) electrons. The quantitative estimate of drug-likeness (QED) is 0.687.